The first kappa shape index (κ1) is 22.6. The summed E-state index contributed by atoms with van der Waals surface area (Å²) in [5.41, 5.74) is 1.71. The maximum atomic E-state index is 12.6. The van der Waals surface area contributed by atoms with Gasteiger partial charge in [0.05, 0.1) is 12.0 Å². The fourth-order valence-electron chi connectivity index (χ4n) is 3.36. The van der Waals surface area contributed by atoms with Crippen LogP contribution in [0, 0.1) is 5.92 Å². The number of rotatable bonds is 3. The molecular weight excluding hydrogens is 376 g/mol. The summed E-state index contributed by atoms with van der Waals surface area (Å²) < 4.78 is 16.7. The van der Waals surface area contributed by atoms with Gasteiger partial charge in [0.2, 0.25) is 0 Å². The highest BCUT2D eigenvalue weighted by Gasteiger charge is 2.49. The summed E-state index contributed by atoms with van der Waals surface area (Å²) in [6, 6.07) is 0. The van der Waals surface area contributed by atoms with Crippen molar-refractivity contribution in [2.45, 2.75) is 65.5 Å². The maximum Gasteiger partial charge on any atom is 0.334 e. The Bertz CT molecular complexity index is 802. The predicted molar refractivity (Wildman–Crippen MR) is 106 cm³/mol. The minimum atomic E-state index is -1.03. The first-order valence-electron chi connectivity index (χ1n) is 9.50. The van der Waals surface area contributed by atoms with E-state index in [0.29, 0.717) is 16.7 Å². The topological polar surface area (TPSA) is 99.1 Å². The zero-order valence-corrected chi connectivity index (χ0v) is 17.4. The second-order valence-electron chi connectivity index (χ2n) is 7.40. The van der Waals surface area contributed by atoms with E-state index in [-0.39, 0.29) is 12.0 Å². The lowest BCUT2D eigenvalue weighted by Gasteiger charge is -2.33. The average molecular weight is 404 g/mol. The molecule has 1 heterocycles. The Morgan fingerprint density at radius 2 is 1.90 bits per heavy atom. The summed E-state index contributed by atoms with van der Waals surface area (Å²) in [4.78, 5) is 36.6. The van der Waals surface area contributed by atoms with Gasteiger partial charge in [-0.1, -0.05) is 18.7 Å². The minimum absolute atomic E-state index is 0.120. The van der Waals surface area contributed by atoms with Crippen LogP contribution < -0.4 is 0 Å². The third kappa shape index (κ3) is 5.03. The van der Waals surface area contributed by atoms with Gasteiger partial charge in [0, 0.05) is 18.1 Å². The fourth-order valence-corrected chi connectivity index (χ4v) is 3.36. The molecule has 0 spiro atoms. The van der Waals surface area contributed by atoms with E-state index in [4.69, 9.17) is 14.2 Å². The van der Waals surface area contributed by atoms with Gasteiger partial charge in [0.1, 0.15) is 6.10 Å². The lowest BCUT2D eigenvalue weighted by atomic mass is 9.83. The summed E-state index contributed by atoms with van der Waals surface area (Å²) in [5.74, 6) is -2.55. The van der Waals surface area contributed by atoms with Crippen LogP contribution in [-0.4, -0.2) is 47.4 Å². The van der Waals surface area contributed by atoms with Gasteiger partial charge in [-0.2, -0.15) is 0 Å². The van der Waals surface area contributed by atoms with Crippen LogP contribution in [0.15, 0.2) is 47.1 Å². The van der Waals surface area contributed by atoms with Crippen molar-refractivity contribution in [1.82, 2.24) is 0 Å². The molecule has 0 aromatic heterocycles. The molecule has 29 heavy (non-hydrogen) atoms. The number of carbonyl (C=O) groups is 3. The fraction of sp³-hybridized carbons (Fsp3) is 0.500. The molecule has 1 fully saturated rings. The Balaban J connectivity index is 2.62. The molecule has 0 unspecified atom stereocenters. The summed E-state index contributed by atoms with van der Waals surface area (Å²) in [6.45, 7) is 11.8. The van der Waals surface area contributed by atoms with E-state index in [1.54, 1.807) is 45.9 Å². The number of hydrogen-bond donors (Lipinski definition) is 1. The largest absolute Gasteiger partial charge is 0.454 e. The van der Waals surface area contributed by atoms with Gasteiger partial charge in [-0.25, -0.2) is 9.59 Å². The smallest absolute Gasteiger partial charge is 0.334 e. The molecule has 1 aliphatic carbocycles. The van der Waals surface area contributed by atoms with Crippen molar-refractivity contribution in [1.29, 1.82) is 0 Å². The number of hydrogen-bond acceptors (Lipinski definition) is 7. The Kier molecular flexibility index (Phi) is 7.19. The molecule has 0 saturated carbocycles. The number of aliphatic hydroxyl groups excluding tert-OH is 1. The Morgan fingerprint density at radius 1 is 1.24 bits per heavy atom. The van der Waals surface area contributed by atoms with Crippen LogP contribution in [0.1, 0.15) is 41.0 Å². The van der Waals surface area contributed by atoms with Gasteiger partial charge in [-0.15, -0.1) is 0 Å². The highest BCUT2D eigenvalue weighted by atomic mass is 16.6. The molecule has 0 aromatic carbocycles. The van der Waals surface area contributed by atoms with Gasteiger partial charge < -0.3 is 19.3 Å². The third-order valence-corrected chi connectivity index (χ3v) is 5.27. The highest BCUT2D eigenvalue weighted by Crippen LogP contribution is 2.37. The molecular formula is C22H28O7. The summed E-state index contributed by atoms with van der Waals surface area (Å²) >= 11 is 0. The van der Waals surface area contributed by atoms with Crippen molar-refractivity contribution in [3.63, 3.8) is 0 Å². The lowest BCUT2D eigenvalue weighted by molar-refractivity contribution is -0.165. The zero-order chi connectivity index (χ0) is 21.9. The minimum Gasteiger partial charge on any atom is -0.454 e. The Morgan fingerprint density at radius 3 is 2.48 bits per heavy atom. The van der Waals surface area contributed by atoms with Crippen LogP contribution in [0.5, 0.6) is 0 Å². The standard InChI is InChI=1S/C22H28O7/c1-7-11(2)21(25)29-20-18-14(5)22(26)28-17(18)10-13(4)16(24)9-8-12(3)19(20)27-15(6)23/h7-8,10,16-20,24H,5,9H2,1-4,6H3/b11-7-,12-8+,13-10-/t16-,17-,18+,19-,20-/m1/s1. The van der Waals surface area contributed by atoms with Gasteiger partial charge >= 0.3 is 17.9 Å². The highest BCUT2D eigenvalue weighted by molar-refractivity contribution is 5.92. The molecule has 2 rings (SSSR count). The first-order chi connectivity index (χ1) is 13.6. The molecule has 2 aliphatic rings. The van der Waals surface area contributed by atoms with E-state index in [2.05, 4.69) is 6.58 Å². The number of ether oxygens (including phenoxy) is 3. The molecule has 1 aliphatic heterocycles. The van der Waals surface area contributed by atoms with Crippen LogP contribution in [0.3, 0.4) is 0 Å². The SMILES string of the molecule is C=C1C(=O)O[C@@H]2/C=C(/C)[C@H](O)C/C=C(\C)[C@@H](OC(C)=O)[C@H](OC(=O)/C(C)=C\C)[C@@H]12. The number of fused-ring (bicyclic) bond motifs is 1. The molecule has 1 N–H and O–H groups in total. The molecule has 0 bridgehead atoms. The van der Waals surface area contributed by atoms with Crippen molar-refractivity contribution in [2.24, 2.45) is 5.92 Å². The molecule has 0 radical (unpaired) electrons. The number of esters is 3. The molecule has 5 atom stereocenters. The number of allylic oxidation sites excluding steroid dienone is 1. The Labute approximate surface area is 170 Å². The number of aliphatic hydroxyl groups is 1. The van der Waals surface area contributed by atoms with Crippen LogP contribution in [0.4, 0.5) is 0 Å². The second-order valence-corrected chi connectivity index (χ2v) is 7.40. The van der Waals surface area contributed by atoms with E-state index in [1.165, 1.54) is 6.92 Å². The predicted octanol–water partition coefficient (Wildman–Crippen LogP) is 2.55. The summed E-state index contributed by atoms with van der Waals surface area (Å²) in [6.07, 6.45) is 1.66. The third-order valence-electron chi connectivity index (χ3n) is 5.27. The van der Waals surface area contributed by atoms with E-state index in [0.717, 1.165) is 0 Å². The second kappa shape index (κ2) is 9.22. The van der Waals surface area contributed by atoms with Crippen LogP contribution in [-0.2, 0) is 28.6 Å². The van der Waals surface area contributed by atoms with Crippen molar-refractivity contribution in [3.05, 3.63) is 47.1 Å². The van der Waals surface area contributed by atoms with Crippen molar-refractivity contribution < 1.29 is 33.7 Å². The van der Waals surface area contributed by atoms with Gasteiger partial charge in [-0.3, -0.25) is 4.79 Å². The molecule has 1 saturated heterocycles. The van der Waals surface area contributed by atoms with Gasteiger partial charge in [-0.05, 0) is 51.3 Å². The van der Waals surface area contributed by atoms with Gasteiger partial charge in [0.25, 0.3) is 0 Å². The molecule has 7 nitrogen and oxygen atoms in total. The normalized spacial score (nSPS) is 34.1. The summed E-state index contributed by atoms with van der Waals surface area (Å²) in [7, 11) is 0. The lowest BCUT2D eigenvalue weighted by Crippen LogP contribution is -2.44. The zero-order valence-electron chi connectivity index (χ0n) is 17.4. The van der Waals surface area contributed by atoms with E-state index in [1.807, 2.05) is 0 Å². The number of carbonyl (C=O) groups excluding carboxylic acids is 3. The van der Waals surface area contributed by atoms with E-state index < -0.39 is 48.2 Å². The first-order valence-corrected chi connectivity index (χ1v) is 9.50. The molecule has 158 valence electrons. The molecule has 0 amide bonds. The van der Waals surface area contributed by atoms with Crippen molar-refractivity contribution in [3.8, 4) is 0 Å². The summed E-state index contributed by atoms with van der Waals surface area (Å²) in [5, 5.41) is 10.4. The van der Waals surface area contributed by atoms with Crippen LogP contribution >= 0.6 is 0 Å². The Hall–Kier alpha value is -2.67. The molecule has 0 aromatic rings. The maximum absolute atomic E-state index is 12.6. The van der Waals surface area contributed by atoms with E-state index >= 15 is 0 Å². The average Bonchev–Trinajstić information content (AvgIpc) is 2.93. The molecule has 7 heteroatoms. The van der Waals surface area contributed by atoms with Crippen LogP contribution in [0.25, 0.3) is 0 Å². The van der Waals surface area contributed by atoms with Crippen LogP contribution in [0.2, 0.25) is 0 Å². The van der Waals surface area contributed by atoms with E-state index in [9.17, 15) is 19.5 Å². The van der Waals surface area contributed by atoms with Gasteiger partial charge in [0.15, 0.2) is 12.2 Å². The quantitative estimate of drug-likeness (QED) is 0.334. The van der Waals surface area contributed by atoms with Crippen molar-refractivity contribution in [2.75, 3.05) is 0 Å². The van der Waals surface area contributed by atoms with Crippen molar-refractivity contribution >= 4 is 17.9 Å². The monoisotopic (exact) mass is 404 g/mol.